The number of ether oxygens (including phenoxy) is 1. The maximum atomic E-state index is 6.44. The van der Waals surface area contributed by atoms with Crippen LogP contribution in [0.3, 0.4) is 0 Å². The summed E-state index contributed by atoms with van der Waals surface area (Å²) < 4.78 is 7.81. The van der Waals surface area contributed by atoms with Crippen LogP contribution < -0.4 is 29.6 Å². The zero-order valence-electron chi connectivity index (χ0n) is 13.4. The molecule has 1 aliphatic heterocycles. The molecule has 1 aliphatic rings. The van der Waals surface area contributed by atoms with Gasteiger partial charge in [0.25, 0.3) is 0 Å². The van der Waals surface area contributed by atoms with E-state index in [1.807, 2.05) is 48.5 Å². The first-order chi connectivity index (χ1) is 11.6. The van der Waals surface area contributed by atoms with Crippen molar-refractivity contribution in [3.8, 4) is 0 Å². The second-order valence-corrected chi connectivity index (χ2v) is 6.77. The smallest absolute Gasteiger partial charge is 0.740 e. The molecule has 0 bridgehead atoms. The molecule has 2 aromatic carbocycles. The Morgan fingerprint density at radius 2 is 1.76 bits per heavy atom. The third-order valence-corrected chi connectivity index (χ3v) is 5.17. The summed E-state index contributed by atoms with van der Waals surface area (Å²) in [5.41, 5.74) is 1.15. The molecule has 0 spiro atoms. The Bertz CT molecular complexity index is 907. The van der Waals surface area contributed by atoms with Crippen LogP contribution in [-0.2, 0) is 29.5 Å². The number of nitrogens with zero attached hydrogens (tertiary/aromatic N) is 3. The van der Waals surface area contributed by atoms with Crippen molar-refractivity contribution in [2.45, 2.75) is 23.4 Å². The zero-order valence-corrected chi connectivity index (χ0v) is 17.7. The van der Waals surface area contributed by atoms with Gasteiger partial charge in [0.2, 0.25) is 0 Å². The largest absolute Gasteiger partial charge is 1.00 e. The molecular weight excluding hydrogens is 388 g/mol. The van der Waals surface area contributed by atoms with Crippen LogP contribution in [0.4, 0.5) is 0 Å². The van der Waals surface area contributed by atoms with Crippen molar-refractivity contribution in [2.75, 3.05) is 0 Å². The van der Waals surface area contributed by atoms with Crippen molar-refractivity contribution in [1.29, 1.82) is 0 Å². The molecule has 0 aliphatic carbocycles. The number of epoxide rings is 1. The van der Waals surface area contributed by atoms with Gasteiger partial charge in [0.1, 0.15) is 18.0 Å². The van der Waals surface area contributed by atoms with E-state index >= 15 is 0 Å². The normalized spacial score (nSPS) is 21.6. The van der Waals surface area contributed by atoms with Gasteiger partial charge in [-0.15, -0.1) is 0 Å². The number of hydrogen-bond acceptors (Lipinski definition) is 4. The van der Waals surface area contributed by atoms with Gasteiger partial charge in [-0.05, 0) is 12.1 Å². The summed E-state index contributed by atoms with van der Waals surface area (Å²) >= 11 is 18.0. The van der Waals surface area contributed by atoms with Gasteiger partial charge in [-0.25, -0.2) is 4.98 Å². The molecule has 4 nitrogen and oxygen atoms in total. The monoisotopic (exact) mass is 399 g/mol. The fourth-order valence-electron chi connectivity index (χ4n) is 2.98. The Hall–Kier alpha value is -0.660. The standard InChI is InChI=1S/C17H13Cl2N3OS.Na/c18-13-7-3-1-5-11(13)15-17(23-15,9-22-16(24)20-10-21-22)12-6-2-4-8-14(12)19;/h1-8,10,15H,9H2,(H,20,21,24);/q;+1/p-1. The molecule has 2 atom stereocenters. The van der Waals surface area contributed by atoms with Gasteiger partial charge in [-0.3, -0.25) is 4.68 Å². The van der Waals surface area contributed by atoms with Crippen LogP contribution in [0.2, 0.25) is 10.0 Å². The van der Waals surface area contributed by atoms with Gasteiger partial charge < -0.3 is 17.4 Å². The van der Waals surface area contributed by atoms with Crippen molar-refractivity contribution >= 4 is 35.8 Å². The number of rotatable bonds is 4. The molecule has 1 fully saturated rings. The second kappa shape index (κ2) is 7.53. The molecular formula is C17H12Cl2N3NaOS. The first-order valence-corrected chi connectivity index (χ1v) is 8.50. The minimum atomic E-state index is -0.662. The molecule has 8 heteroatoms. The molecule has 0 saturated carbocycles. The van der Waals surface area contributed by atoms with E-state index in [0.29, 0.717) is 21.7 Å². The van der Waals surface area contributed by atoms with Crippen molar-refractivity contribution in [3.63, 3.8) is 0 Å². The van der Waals surface area contributed by atoms with Gasteiger partial charge in [0.15, 0.2) is 0 Å². The first-order valence-electron chi connectivity index (χ1n) is 7.34. The molecule has 1 saturated heterocycles. The van der Waals surface area contributed by atoms with E-state index in [0.717, 1.165) is 11.1 Å². The minimum Gasteiger partial charge on any atom is -0.740 e. The third kappa shape index (κ3) is 3.47. The molecule has 0 N–H and O–H groups in total. The molecule has 122 valence electrons. The predicted molar refractivity (Wildman–Crippen MR) is 94.1 cm³/mol. The quantitative estimate of drug-likeness (QED) is 0.375. The first kappa shape index (κ1) is 19.1. The molecule has 25 heavy (non-hydrogen) atoms. The molecule has 4 rings (SSSR count). The minimum absolute atomic E-state index is 0. The van der Waals surface area contributed by atoms with Crippen LogP contribution in [0.1, 0.15) is 17.2 Å². The van der Waals surface area contributed by atoms with Crippen molar-refractivity contribution in [3.05, 3.63) is 76.0 Å². The van der Waals surface area contributed by atoms with Gasteiger partial charge in [0, 0.05) is 26.3 Å². The van der Waals surface area contributed by atoms with Crippen LogP contribution in [0.25, 0.3) is 0 Å². The van der Waals surface area contributed by atoms with Crippen LogP contribution in [0.15, 0.2) is 60.0 Å². The van der Waals surface area contributed by atoms with E-state index in [-0.39, 0.29) is 35.7 Å². The zero-order chi connectivity index (χ0) is 16.7. The summed E-state index contributed by atoms with van der Waals surface area (Å²) in [5.74, 6) is 0. The van der Waals surface area contributed by atoms with Crippen LogP contribution in [0, 0.1) is 0 Å². The Morgan fingerprint density at radius 1 is 1.08 bits per heavy atom. The van der Waals surface area contributed by atoms with Gasteiger partial charge in [-0.1, -0.05) is 59.6 Å². The Balaban J connectivity index is 0.00000182. The second-order valence-electron chi connectivity index (χ2n) is 5.59. The third-order valence-electron chi connectivity index (χ3n) is 4.18. The number of benzene rings is 2. The van der Waals surface area contributed by atoms with Crippen molar-refractivity contribution < 1.29 is 34.3 Å². The Kier molecular flexibility index (Phi) is 5.75. The summed E-state index contributed by atoms with van der Waals surface area (Å²) in [5, 5.41) is 5.90. The maximum Gasteiger partial charge on any atom is 1.00 e. The molecule has 3 aromatic rings. The SMILES string of the molecule is [Na+].[S-]c1ncnn1CC1(c2ccccc2Cl)OC1c1ccccc1Cl. The summed E-state index contributed by atoms with van der Waals surface area (Å²) in [7, 11) is 0. The molecule has 2 unspecified atom stereocenters. The van der Waals surface area contributed by atoms with Crippen molar-refractivity contribution in [1.82, 2.24) is 14.8 Å². The van der Waals surface area contributed by atoms with E-state index in [1.54, 1.807) is 4.68 Å². The number of aromatic nitrogens is 3. The summed E-state index contributed by atoms with van der Waals surface area (Å²) in [6.07, 6.45) is 1.22. The fraction of sp³-hybridized carbons (Fsp3) is 0.176. The molecule has 0 amide bonds. The molecule has 1 aromatic heterocycles. The topological polar surface area (TPSA) is 43.2 Å². The van der Waals surface area contributed by atoms with Crippen LogP contribution in [0.5, 0.6) is 0 Å². The van der Waals surface area contributed by atoms with E-state index in [9.17, 15) is 0 Å². The van der Waals surface area contributed by atoms with E-state index in [4.69, 9.17) is 40.6 Å². The van der Waals surface area contributed by atoms with E-state index < -0.39 is 5.60 Å². The predicted octanol–water partition coefficient (Wildman–Crippen LogP) is 1.16. The van der Waals surface area contributed by atoms with Crippen molar-refractivity contribution in [2.24, 2.45) is 0 Å². The van der Waals surface area contributed by atoms with Crippen LogP contribution >= 0.6 is 23.2 Å². The number of halogens is 2. The van der Waals surface area contributed by atoms with E-state index in [1.165, 1.54) is 6.33 Å². The number of hydrogen-bond donors (Lipinski definition) is 0. The summed E-state index contributed by atoms with van der Waals surface area (Å²) in [4.78, 5) is 4.01. The van der Waals surface area contributed by atoms with E-state index in [2.05, 4.69) is 10.1 Å². The average molecular weight is 400 g/mol. The summed E-state index contributed by atoms with van der Waals surface area (Å²) in [6, 6.07) is 15.3. The Morgan fingerprint density at radius 3 is 2.40 bits per heavy atom. The average Bonchev–Trinajstić information content (AvgIpc) is 3.15. The maximum absolute atomic E-state index is 6.44. The van der Waals surface area contributed by atoms with Gasteiger partial charge in [-0.2, -0.15) is 5.10 Å². The Labute approximate surface area is 183 Å². The van der Waals surface area contributed by atoms with Gasteiger partial charge >= 0.3 is 29.6 Å². The summed E-state index contributed by atoms with van der Waals surface area (Å²) in [6.45, 7) is 0.422. The van der Waals surface area contributed by atoms with Gasteiger partial charge in [0.05, 0.1) is 6.54 Å². The van der Waals surface area contributed by atoms with Crippen LogP contribution in [-0.4, -0.2) is 14.8 Å². The fourth-order valence-corrected chi connectivity index (χ4v) is 3.67. The molecule has 0 radical (unpaired) electrons. The molecule has 2 heterocycles.